The summed E-state index contributed by atoms with van der Waals surface area (Å²) in [5.74, 6) is 0. The largest absolute Gasteiger partial charge is 1.00 e. The maximum Gasteiger partial charge on any atom is 1.00 e. The van der Waals surface area contributed by atoms with Crippen molar-refractivity contribution >= 4 is 15.6 Å². The van der Waals surface area contributed by atoms with E-state index in [0.29, 0.717) is 0 Å². The molecular weight excluding hydrogens is 582 g/mol. The first-order valence-corrected chi connectivity index (χ1v) is 11.8. The summed E-state index contributed by atoms with van der Waals surface area (Å²) in [6.45, 7) is -2.09. The summed E-state index contributed by atoms with van der Waals surface area (Å²) in [6, 6.07) is 0. The van der Waals surface area contributed by atoms with Crippen molar-refractivity contribution in [2.24, 2.45) is 0 Å². The molecular formula is C13H22Na4O17P2. The summed E-state index contributed by atoms with van der Waals surface area (Å²) in [6.07, 6.45) is -18.2. The second-order valence-corrected chi connectivity index (χ2v) is 9.17. The summed E-state index contributed by atoms with van der Waals surface area (Å²) in [4.78, 5) is 42.9. The number of hydrogen-bond acceptors (Lipinski definition) is 17. The van der Waals surface area contributed by atoms with E-state index in [-0.39, 0.29) is 118 Å². The van der Waals surface area contributed by atoms with Gasteiger partial charge in [-0.05, 0) is 0 Å². The van der Waals surface area contributed by atoms with Crippen molar-refractivity contribution < 1.29 is 200 Å². The fourth-order valence-electron chi connectivity index (χ4n) is 3.05. The van der Waals surface area contributed by atoms with Crippen LogP contribution in [-0.2, 0) is 37.1 Å². The molecule has 0 unspecified atom stereocenters. The van der Waals surface area contributed by atoms with Crippen molar-refractivity contribution in [3.8, 4) is 0 Å². The average Bonchev–Trinajstić information content (AvgIpc) is 2.68. The predicted molar refractivity (Wildman–Crippen MR) is 86.4 cm³/mol. The first-order valence-electron chi connectivity index (χ1n) is 8.87. The monoisotopic (exact) mass is 604 g/mol. The third-order valence-electron chi connectivity index (χ3n) is 4.63. The number of phosphoric ester groups is 2. The van der Waals surface area contributed by atoms with Crippen LogP contribution in [0.4, 0.5) is 0 Å². The maximum absolute atomic E-state index is 10.8. The number of aliphatic hydroxyl groups excluding tert-OH is 5. The number of rotatable bonds is 9. The summed E-state index contributed by atoms with van der Waals surface area (Å²) in [5, 5.41) is 50.4. The molecule has 0 aromatic carbocycles. The van der Waals surface area contributed by atoms with Gasteiger partial charge >= 0.3 is 118 Å². The van der Waals surface area contributed by atoms with E-state index in [2.05, 4.69) is 9.05 Å². The van der Waals surface area contributed by atoms with Gasteiger partial charge in [0.05, 0.1) is 28.9 Å². The van der Waals surface area contributed by atoms with Crippen molar-refractivity contribution in [1.82, 2.24) is 0 Å². The second kappa shape index (κ2) is 19.2. The van der Waals surface area contributed by atoms with Crippen molar-refractivity contribution in [3.63, 3.8) is 0 Å². The molecule has 190 valence electrons. The molecule has 0 saturated carbocycles. The Kier molecular flexibility index (Phi) is 23.6. The van der Waals surface area contributed by atoms with Crippen LogP contribution in [0.2, 0.25) is 0 Å². The zero-order valence-electron chi connectivity index (χ0n) is 20.2. The van der Waals surface area contributed by atoms with E-state index in [4.69, 9.17) is 18.9 Å². The van der Waals surface area contributed by atoms with Gasteiger partial charge in [0.15, 0.2) is 12.6 Å². The minimum absolute atomic E-state index is 0. The Morgan fingerprint density at radius 2 is 1.08 bits per heavy atom. The molecule has 2 rings (SSSR count). The third-order valence-corrected chi connectivity index (χ3v) is 5.56. The van der Waals surface area contributed by atoms with Crippen LogP contribution in [0, 0.1) is 0 Å². The van der Waals surface area contributed by atoms with E-state index in [1.165, 1.54) is 0 Å². The molecule has 23 heteroatoms. The summed E-state index contributed by atoms with van der Waals surface area (Å²) >= 11 is 0. The zero-order chi connectivity index (χ0) is 24.4. The standard InChI is InChI=1S/C13H26O17P2.4Na/c1-25-12-10(18)8(16)11(5(29-12)3-27-32(22,23)24)30-13-9(17)7(15)6(14)4(28-13)2-26-31(19,20)21;;;;/h4-18H,2-3H2,1H3,(H2,19,20,21)(H2,22,23,24);;;;/q;4*+1/p-4/t4-,5-,6-,7+,8-,9-,10-,11-,12-,13-;;;;/m1..../s1. The maximum atomic E-state index is 10.8. The first kappa shape index (κ1) is 44.3. The Balaban J connectivity index is -0.00000272. The molecule has 17 nitrogen and oxygen atoms in total. The van der Waals surface area contributed by atoms with Crippen molar-refractivity contribution in [1.29, 1.82) is 0 Å². The number of hydrogen-bond donors (Lipinski definition) is 5. The fourth-order valence-corrected chi connectivity index (χ4v) is 3.71. The van der Waals surface area contributed by atoms with Crippen LogP contribution in [0.3, 0.4) is 0 Å². The Labute approximate surface area is 294 Å². The molecule has 10 atom stereocenters. The van der Waals surface area contributed by atoms with Crippen LogP contribution >= 0.6 is 15.6 Å². The SMILES string of the molecule is CO[C@@H]1O[C@H](COP(=O)([O-])[O-])[C@@H](O[C@H]2O[C@H](COP(=O)([O-])[O-])[C@@H](O)[C@H](O)[C@H]2O)[C@H](O)[C@H]1O.[Na+].[Na+].[Na+].[Na+]. The van der Waals surface area contributed by atoms with E-state index in [0.717, 1.165) is 7.11 Å². The molecule has 2 aliphatic heterocycles. The van der Waals surface area contributed by atoms with E-state index in [1.54, 1.807) is 0 Å². The van der Waals surface area contributed by atoms with Gasteiger partial charge in [-0.3, -0.25) is 0 Å². The summed E-state index contributed by atoms with van der Waals surface area (Å²) < 4.78 is 49.9. The summed E-state index contributed by atoms with van der Waals surface area (Å²) in [5.41, 5.74) is 0. The topological polar surface area (TPSA) is 283 Å². The van der Waals surface area contributed by atoms with Gasteiger partial charge in [0, 0.05) is 7.11 Å². The summed E-state index contributed by atoms with van der Waals surface area (Å²) in [7, 11) is -9.93. The van der Waals surface area contributed by atoms with E-state index >= 15 is 0 Å². The molecule has 2 fully saturated rings. The van der Waals surface area contributed by atoms with Crippen LogP contribution in [0.1, 0.15) is 0 Å². The van der Waals surface area contributed by atoms with E-state index in [9.17, 15) is 54.2 Å². The molecule has 0 bridgehead atoms. The van der Waals surface area contributed by atoms with E-state index in [1.807, 2.05) is 0 Å². The Bertz CT molecular complexity index is 714. The number of phosphoric acid groups is 2. The van der Waals surface area contributed by atoms with Crippen LogP contribution in [0.5, 0.6) is 0 Å². The van der Waals surface area contributed by atoms with Gasteiger partial charge in [0.2, 0.25) is 0 Å². The van der Waals surface area contributed by atoms with Crippen molar-refractivity contribution in [2.45, 2.75) is 61.4 Å². The third kappa shape index (κ3) is 13.4. The minimum atomic E-state index is -5.51. The van der Waals surface area contributed by atoms with Gasteiger partial charge in [-0.2, -0.15) is 0 Å². The molecule has 2 heterocycles. The number of aliphatic hydroxyl groups is 5. The molecule has 0 aromatic rings. The molecule has 2 aliphatic rings. The Morgan fingerprint density at radius 1 is 0.667 bits per heavy atom. The molecule has 0 aromatic heterocycles. The minimum Gasteiger partial charge on any atom is -0.790 e. The van der Waals surface area contributed by atoms with Crippen LogP contribution in [-0.4, -0.2) is 107 Å². The number of methoxy groups -OCH3 is 1. The predicted octanol–water partition coefficient (Wildman–Crippen LogP) is -19.0. The van der Waals surface area contributed by atoms with Crippen LogP contribution in [0.25, 0.3) is 0 Å². The van der Waals surface area contributed by atoms with E-state index < -0.39 is 90.3 Å². The normalized spacial score (nSPS) is 36.9. The fraction of sp³-hybridized carbons (Fsp3) is 1.00. The van der Waals surface area contributed by atoms with Gasteiger partial charge in [-0.25, -0.2) is 0 Å². The average molecular weight is 604 g/mol. The molecule has 0 spiro atoms. The molecule has 36 heavy (non-hydrogen) atoms. The quantitative estimate of drug-likeness (QED) is 0.121. The molecule has 5 N–H and O–H groups in total. The van der Waals surface area contributed by atoms with Crippen LogP contribution < -0.4 is 138 Å². The van der Waals surface area contributed by atoms with Gasteiger partial charge in [0.1, 0.15) is 48.8 Å². The van der Waals surface area contributed by atoms with Gasteiger partial charge < -0.3 is 82.2 Å². The molecule has 0 radical (unpaired) electrons. The smallest absolute Gasteiger partial charge is 0.790 e. The first-order chi connectivity index (χ1) is 14.6. The molecule has 0 amide bonds. The van der Waals surface area contributed by atoms with Gasteiger partial charge in [-0.15, -0.1) is 0 Å². The Morgan fingerprint density at radius 3 is 1.53 bits per heavy atom. The Hall–Kier alpha value is 3.86. The van der Waals surface area contributed by atoms with Crippen molar-refractivity contribution in [3.05, 3.63) is 0 Å². The molecule has 0 aliphatic carbocycles. The second-order valence-electron chi connectivity index (χ2n) is 6.86. The van der Waals surface area contributed by atoms with Gasteiger partial charge in [-0.1, -0.05) is 0 Å². The van der Waals surface area contributed by atoms with Crippen LogP contribution in [0.15, 0.2) is 0 Å². The van der Waals surface area contributed by atoms with Crippen molar-refractivity contribution in [2.75, 3.05) is 20.3 Å². The molecule has 2 saturated heterocycles. The van der Waals surface area contributed by atoms with Gasteiger partial charge in [0.25, 0.3) is 0 Å². The number of ether oxygens (including phenoxy) is 4. The zero-order valence-corrected chi connectivity index (χ0v) is 30.0.